The minimum absolute atomic E-state index is 0.101. The van der Waals surface area contributed by atoms with Gasteiger partial charge >= 0.3 is 0 Å². The molecular formula is C20H22N2O3. The van der Waals surface area contributed by atoms with Crippen LogP contribution in [0.4, 0.5) is 5.69 Å². The van der Waals surface area contributed by atoms with E-state index in [1.807, 2.05) is 55.5 Å². The molecule has 130 valence electrons. The van der Waals surface area contributed by atoms with Gasteiger partial charge in [0.25, 0.3) is 0 Å². The standard InChI is InChI=1S/C20H22N2O3/c1-3-17(13-8-10-14(25-2)11-9-13)22-20(24)16-12-19(23)21-18-7-5-4-6-15(16)18/h4-11,16-17H,3,12H2,1-2H3,(H,21,23)(H,22,24)/t16-,17-/m1/s1. The third kappa shape index (κ3) is 3.65. The highest BCUT2D eigenvalue weighted by Gasteiger charge is 2.31. The van der Waals surface area contributed by atoms with Gasteiger partial charge in [0.05, 0.1) is 19.1 Å². The van der Waals surface area contributed by atoms with Gasteiger partial charge in [0.2, 0.25) is 11.8 Å². The monoisotopic (exact) mass is 338 g/mol. The van der Waals surface area contributed by atoms with Crippen LogP contribution < -0.4 is 15.4 Å². The van der Waals surface area contributed by atoms with Crippen molar-refractivity contribution in [1.29, 1.82) is 0 Å². The van der Waals surface area contributed by atoms with E-state index in [-0.39, 0.29) is 24.3 Å². The van der Waals surface area contributed by atoms with Gasteiger partial charge in [-0.05, 0) is 35.7 Å². The van der Waals surface area contributed by atoms with Crippen LogP contribution >= 0.6 is 0 Å². The topological polar surface area (TPSA) is 67.4 Å². The number of carbonyl (C=O) groups excluding carboxylic acids is 2. The van der Waals surface area contributed by atoms with E-state index >= 15 is 0 Å². The second-order valence-electron chi connectivity index (χ2n) is 6.13. The molecule has 0 unspecified atom stereocenters. The van der Waals surface area contributed by atoms with Gasteiger partial charge in [-0.25, -0.2) is 0 Å². The molecule has 0 radical (unpaired) electrons. The van der Waals surface area contributed by atoms with Crippen molar-refractivity contribution in [2.75, 3.05) is 12.4 Å². The van der Waals surface area contributed by atoms with Crippen molar-refractivity contribution >= 4 is 17.5 Å². The minimum Gasteiger partial charge on any atom is -0.497 e. The maximum Gasteiger partial charge on any atom is 0.228 e. The Morgan fingerprint density at radius 2 is 1.96 bits per heavy atom. The summed E-state index contributed by atoms with van der Waals surface area (Å²) in [6.07, 6.45) is 0.931. The molecule has 0 saturated carbocycles. The molecule has 2 atom stereocenters. The molecule has 0 aliphatic carbocycles. The number of methoxy groups -OCH3 is 1. The molecule has 0 aromatic heterocycles. The number of hydrogen-bond acceptors (Lipinski definition) is 3. The fourth-order valence-corrected chi connectivity index (χ4v) is 3.17. The van der Waals surface area contributed by atoms with E-state index in [4.69, 9.17) is 4.74 Å². The maximum atomic E-state index is 12.9. The van der Waals surface area contributed by atoms with Gasteiger partial charge in [-0.15, -0.1) is 0 Å². The van der Waals surface area contributed by atoms with Crippen LogP contribution in [0.1, 0.15) is 42.9 Å². The van der Waals surface area contributed by atoms with Crippen molar-refractivity contribution < 1.29 is 14.3 Å². The average molecular weight is 338 g/mol. The van der Waals surface area contributed by atoms with E-state index in [1.54, 1.807) is 7.11 Å². The van der Waals surface area contributed by atoms with Crippen molar-refractivity contribution in [2.45, 2.75) is 31.7 Å². The van der Waals surface area contributed by atoms with Crippen LogP contribution in [0.25, 0.3) is 0 Å². The van der Waals surface area contributed by atoms with E-state index < -0.39 is 5.92 Å². The molecule has 2 amide bonds. The molecule has 5 heteroatoms. The molecule has 2 N–H and O–H groups in total. The summed E-state index contributed by atoms with van der Waals surface area (Å²) >= 11 is 0. The largest absolute Gasteiger partial charge is 0.497 e. The lowest BCUT2D eigenvalue weighted by Gasteiger charge is -2.27. The summed E-state index contributed by atoms with van der Waals surface area (Å²) in [5.41, 5.74) is 2.60. The van der Waals surface area contributed by atoms with E-state index in [0.717, 1.165) is 29.0 Å². The Labute approximate surface area is 147 Å². The van der Waals surface area contributed by atoms with Gasteiger partial charge < -0.3 is 15.4 Å². The second kappa shape index (κ2) is 7.38. The third-order valence-electron chi connectivity index (χ3n) is 4.56. The van der Waals surface area contributed by atoms with Crippen LogP contribution in [0.15, 0.2) is 48.5 Å². The zero-order valence-electron chi connectivity index (χ0n) is 14.4. The van der Waals surface area contributed by atoms with E-state index in [9.17, 15) is 9.59 Å². The first-order valence-electron chi connectivity index (χ1n) is 8.45. The quantitative estimate of drug-likeness (QED) is 0.878. The van der Waals surface area contributed by atoms with E-state index in [0.29, 0.717) is 0 Å². The SMILES string of the molecule is CC[C@@H](NC(=O)[C@@H]1CC(=O)Nc2ccccc21)c1ccc(OC)cc1. The molecule has 1 heterocycles. The second-order valence-corrected chi connectivity index (χ2v) is 6.13. The Bertz CT molecular complexity index is 771. The Kier molecular flexibility index (Phi) is 5.03. The summed E-state index contributed by atoms with van der Waals surface area (Å²) < 4.78 is 5.18. The number of amides is 2. The molecule has 0 bridgehead atoms. The summed E-state index contributed by atoms with van der Waals surface area (Å²) in [5, 5.41) is 5.92. The number of carbonyl (C=O) groups is 2. The summed E-state index contributed by atoms with van der Waals surface area (Å²) in [6, 6.07) is 15.0. The van der Waals surface area contributed by atoms with Crippen LogP contribution in [0, 0.1) is 0 Å². The number of para-hydroxylation sites is 1. The molecule has 2 aromatic carbocycles. The molecule has 25 heavy (non-hydrogen) atoms. The lowest BCUT2D eigenvalue weighted by Crippen LogP contribution is -2.36. The molecule has 1 aliphatic rings. The number of anilines is 1. The molecular weight excluding hydrogens is 316 g/mol. The average Bonchev–Trinajstić information content (AvgIpc) is 2.65. The fourth-order valence-electron chi connectivity index (χ4n) is 3.17. The number of fused-ring (bicyclic) bond motifs is 1. The van der Waals surface area contributed by atoms with Crippen molar-refractivity contribution in [1.82, 2.24) is 5.32 Å². The highest BCUT2D eigenvalue weighted by molar-refractivity contribution is 6.01. The Morgan fingerprint density at radius 3 is 2.64 bits per heavy atom. The highest BCUT2D eigenvalue weighted by atomic mass is 16.5. The summed E-state index contributed by atoms with van der Waals surface area (Å²) in [5.74, 6) is 0.0707. The van der Waals surface area contributed by atoms with Crippen LogP contribution in [0.2, 0.25) is 0 Å². The van der Waals surface area contributed by atoms with Crippen LogP contribution in [-0.4, -0.2) is 18.9 Å². The first-order valence-corrected chi connectivity index (χ1v) is 8.45. The van der Waals surface area contributed by atoms with Crippen molar-refractivity contribution in [3.8, 4) is 5.75 Å². The van der Waals surface area contributed by atoms with Crippen molar-refractivity contribution in [2.24, 2.45) is 0 Å². The predicted molar refractivity (Wildman–Crippen MR) is 96.6 cm³/mol. The molecule has 0 spiro atoms. The number of ether oxygens (including phenoxy) is 1. The van der Waals surface area contributed by atoms with Gasteiger partial charge in [0.15, 0.2) is 0 Å². The van der Waals surface area contributed by atoms with Crippen LogP contribution in [0.3, 0.4) is 0 Å². The number of rotatable bonds is 5. The van der Waals surface area contributed by atoms with E-state index in [1.165, 1.54) is 0 Å². The number of nitrogens with one attached hydrogen (secondary N) is 2. The van der Waals surface area contributed by atoms with Gasteiger partial charge in [-0.2, -0.15) is 0 Å². The molecule has 1 aliphatic heterocycles. The Balaban J connectivity index is 1.79. The van der Waals surface area contributed by atoms with Gasteiger partial charge in [0.1, 0.15) is 5.75 Å². The third-order valence-corrected chi connectivity index (χ3v) is 4.56. The summed E-state index contributed by atoms with van der Waals surface area (Å²) in [4.78, 5) is 24.8. The van der Waals surface area contributed by atoms with Crippen LogP contribution in [-0.2, 0) is 9.59 Å². The van der Waals surface area contributed by atoms with Crippen molar-refractivity contribution in [3.63, 3.8) is 0 Å². The fraction of sp³-hybridized carbons (Fsp3) is 0.300. The first kappa shape index (κ1) is 17.0. The number of hydrogen-bond donors (Lipinski definition) is 2. The lowest BCUT2D eigenvalue weighted by molar-refractivity contribution is -0.126. The zero-order chi connectivity index (χ0) is 17.8. The first-order chi connectivity index (χ1) is 12.1. The van der Waals surface area contributed by atoms with Gasteiger partial charge in [-0.1, -0.05) is 37.3 Å². The molecule has 0 saturated heterocycles. The van der Waals surface area contributed by atoms with Gasteiger partial charge in [0, 0.05) is 12.1 Å². The zero-order valence-corrected chi connectivity index (χ0v) is 14.4. The molecule has 3 rings (SSSR count). The molecule has 2 aromatic rings. The smallest absolute Gasteiger partial charge is 0.228 e. The van der Waals surface area contributed by atoms with Crippen LogP contribution in [0.5, 0.6) is 5.75 Å². The van der Waals surface area contributed by atoms with Gasteiger partial charge in [-0.3, -0.25) is 9.59 Å². The minimum atomic E-state index is -0.461. The molecule has 5 nitrogen and oxygen atoms in total. The number of benzene rings is 2. The maximum absolute atomic E-state index is 12.9. The Morgan fingerprint density at radius 1 is 1.24 bits per heavy atom. The predicted octanol–water partition coefficient (Wildman–Crippen LogP) is 3.39. The van der Waals surface area contributed by atoms with E-state index in [2.05, 4.69) is 10.6 Å². The normalized spacial score (nSPS) is 17.2. The van der Waals surface area contributed by atoms with Crippen molar-refractivity contribution in [3.05, 3.63) is 59.7 Å². The summed E-state index contributed by atoms with van der Waals surface area (Å²) in [7, 11) is 1.62. The highest BCUT2D eigenvalue weighted by Crippen LogP contribution is 2.33. The molecule has 0 fully saturated rings. The Hall–Kier alpha value is -2.82. The summed E-state index contributed by atoms with van der Waals surface area (Å²) in [6.45, 7) is 2.02. The lowest BCUT2D eigenvalue weighted by atomic mass is 9.89.